The Morgan fingerprint density at radius 1 is 0.897 bits per heavy atom. The molecule has 4 aromatic rings. The van der Waals surface area contributed by atoms with E-state index in [1.165, 1.54) is 42.5 Å². The van der Waals surface area contributed by atoms with E-state index in [0.717, 1.165) is 4.90 Å². The minimum absolute atomic E-state index is 0.0482. The Hall–Kier alpha value is -5.02. The highest BCUT2D eigenvalue weighted by molar-refractivity contribution is 6.36. The van der Waals surface area contributed by atoms with E-state index in [1.54, 1.807) is 49.4 Å². The van der Waals surface area contributed by atoms with Crippen LogP contribution in [0.25, 0.3) is 0 Å². The maximum atomic E-state index is 13.1. The van der Waals surface area contributed by atoms with Gasteiger partial charge in [-0.25, -0.2) is 9.69 Å². The van der Waals surface area contributed by atoms with Crippen LogP contribution in [0.4, 0.5) is 11.4 Å². The monoisotopic (exact) mass is 542 g/mol. The highest BCUT2D eigenvalue weighted by Gasteiger charge is 2.38. The molecule has 0 bridgehead atoms. The molecule has 4 aromatic carbocycles. The molecule has 0 saturated carbocycles. The molecule has 0 atom stereocenters. The second-order valence-electron chi connectivity index (χ2n) is 8.67. The number of imide groups is 1. The number of benzene rings is 4. The number of esters is 1. The fourth-order valence-corrected chi connectivity index (χ4v) is 4.30. The molecule has 9 nitrogen and oxygen atoms in total. The summed E-state index contributed by atoms with van der Waals surface area (Å²) in [7, 11) is 0. The maximum Gasteiger partial charge on any atom is 0.338 e. The van der Waals surface area contributed by atoms with Crippen molar-refractivity contribution in [1.82, 2.24) is 0 Å². The van der Waals surface area contributed by atoms with E-state index in [0.29, 0.717) is 33.3 Å². The van der Waals surface area contributed by atoms with Gasteiger partial charge in [-0.1, -0.05) is 29.8 Å². The van der Waals surface area contributed by atoms with Crippen molar-refractivity contribution < 1.29 is 28.8 Å². The van der Waals surface area contributed by atoms with Gasteiger partial charge in [0.25, 0.3) is 17.5 Å². The number of hydrogen-bond donors (Lipinski definition) is 0. The van der Waals surface area contributed by atoms with Crippen LogP contribution < -0.4 is 9.64 Å². The van der Waals surface area contributed by atoms with Crippen LogP contribution in [-0.4, -0.2) is 22.7 Å². The summed E-state index contributed by atoms with van der Waals surface area (Å²) in [6, 6.07) is 21.7. The van der Waals surface area contributed by atoms with Crippen LogP contribution >= 0.6 is 11.6 Å². The van der Waals surface area contributed by atoms with Crippen LogP contribution in [0.15, 0.2) is 84.9 Å². The van der Waals surface area contributed by atoms with Gasteiger partial charge in [0, 0.05) is 17.2 Å². The zero-order valence-electron chi connectivity index (χ0n) is 20.4. The standard InChI is InChI=1S/C29H19ClN2O7/c1-17-25(30)6-3-7-26(17)31-27(33)23-13-8-19(15-24(23)28(31)34)29(35)38-16-18-4-2-5-22(14-18)39-21-11-9-20(10-12-21)32(36)37/h2-15H,16H2,1H3. The summed E-state index contributed by atoms with van der Waals surface area (Å²) in [6.07, 6.45) is 0. The van der Waals surface area contributed by atoms with E-state index in [-0.39, 0.29) is 29.0 Å². The summed E-state index contributed by atoms with van der Waals surface area (Å²) in [4.78, 5) is 50.3. The normalized spacial score (nSPS) is 12.3. The van der Waals surface area contributed by atoms with Crippen LogP contribution in [0.2, 0.25) is 5.02 Å². The quantitative estimate of drug-likeness (QED) is 0.113. The lowest BCUT2D eigenvalue weighted by molar-refractivity contribution is -0.384. The van der Waals surface area contributed by atoms with Crippen molar-refractivity contribution >= 4 is 40.8 Å². The largest absolute Gasteiger partial charge is 0.457 e. The van der Waals surface area contributed by atoms with Gasteiger partial charge in [-0.2, -0.15) is 0 Å². The molecule has 2 amide bonds. The molecule has 0 N–H and O–H groups in total. The lowest BCUT2D eigenvalue weighted by atomic mass is 10.1. The number of anilines is 1. The molecule has 0 spiro atoms. The topological polar surface area (TPSA) is 116 Å². The number of carbonyl (C=O) groups is 3. The Balaban J connectivity index is 1.27. The fraction of sp³-hybridized carbons (Fsp3) is 0.0690. The first-order valence-corrected chi connectivity index (χ1v) is 12.1. The molecule has 0 saturated heterocycles. The number of nitrogens with zero attached hydrogens (tertiary/aromatic N) is 2. The highest BCUT2D eigenvalue weighted by atomic mass is 35.5. The maximum absolute atomic E-state index is 13.1. The van der Waals surface area contributed by atoms with Crippen LogP contribution in [0.3, 0.4) is 0 Å². The van der Waals surface area contributed by atoms with Gasteiger partial charge in [0.2, 0.25) is 0 Å². The molecule has 194 valence electrons. The van der Waals surface area contributed by atoms with Gasteiger partial charge in [-0.15, -0.1) is 0 Å². The zero-order chi connectivity index (χ0) is 27.7. The van der Waals surface area contributed by atoms with Crippen LogP contribution in [0.1, 0.15) is 42.2 Å². The molecular weight excluding hydrogens is 524 g/mol. The summed E-state index contributed by atoms with van der Waals surface area (Å²) in [6.45, 7) is 1.64. The van der Waals surface area contributed by atoms with Crippen molar-refractivity contribution in [1.29, 1.82) is 0 Å². The minimum atomic E-state index is -0.669. The first-order chi connectivity index (χ1) is 18.7. The number of hydrogen-bond acceptors (Lipinski definition) is 7. The summed E-state index contributed by atoms with van der Waals surface area (Å²) >= 11 is 6.18. The highest BCUT2D eigenvalue weighted by Crippen LogP contribution is 2.34. The van der Waals surface area contributed by atoms with Gasteiger partial charge in [0.1, 0.15) is 18.1 Å². The minimum Gasteiger partial charge on any atom is -0.457 e. The Labute approximate surface area is 227 Å². The van der Waals surface area contributed by atoms with Crippen molar-refractivity contribution in [3.8, 4) is 11.5 Å². The molecular formula is C29H19ClN2O7. The summed E-state index contributed by atoms with van der Waals surface area (Å²) in [5.74, 6) is -0.849. The average Bonchev–Trinajstić information content (AvgIpc) is 3.18. The van der Waals surface area contributed by atoms with Gasteiger partial charge in [0.05, 0.1) is 27.3 Å². The molecule has 0 aliphatic carbocycles. The molecule has 0 aromatic heterocycles. The van der Waals surface area contributed by atoms with E-state index in [2.05, 4.69) is 0 Å². The van der Waals surface area contributed by atoms with E-state index in [9.17, 15) is 24.5 Å². The van der Waals surface area contributed by atoms with Gasteiger partial charge in [-0.3, -0.25) is 19.7 Å². The third-order valence-electron chi connectivity index (χ3n) is 6.15. The third-order valence-corrected chi connectivity index (χ3v) is 6.56. The SMILES string of the molecule is Cc1c(Cl)cccc1N1C(=O)c2ccc(C(=O)OCc3cccc(Oc4ccc([N+](=O)[O-])cc4)c3)cc2C1=O. The van der Waals surface area contributed by atoms with Crippen LogP contribution in [-0.2, 0) is 11.3 Å². The number of non-ortho nitro benzene ring substituents is 1. The first kappa shape index (κ1) is 25.6. The molecule has 1 aliphatic heterocycles. The smallest absolute Gasteiger partial charge is 0.338 e. The zero-order valence-corrected chi connectivity index (χ0v) is 21.2. The molecule has 0 fully saturated rings. The molecule has 1 aliphatic rings. The van der Waals surface area contributed by atoms with Gasteiger partial charge in [-0.05, 0) is 72.6 Å². The molecule has 39 heavy (non-hydrogen) atoms. The molecule has 0 radical (unpaired) electrons. The van der Waals surface area contributed by atoms with Crippen molar-refractivity contribution in [2.75, 3.05) is 4.90 Å². The third kappa shape index (κ3) is 5.07. The average molecular weight is 543 g/mol. The van der Waals surface area contributed by atoms with Crippen molar-refractivity contribution in [3.63, 3.8) is 0 Å². The number of amides is 2. The first-order valence-electron chi connectivity index (χ1n) is 11.7. The second kappa shape index (κ2) is 10.4. The Morgan fingerprint density at radius 3 is 2.36 bits per heavy atom. The lowest BCUT2D eigenvalue weighted by Crippen LogP contribution is -2.30. The predicted molar refractivity (Wildman–Crippen MR) is 143 cm³/mol. The van der Waals surface area contributed by atoms with E-state index >= 15 is 0 Å². The van der Waals surface area contributed by atoms with Crippen molar-refractivity contribution in [2.24, 2.45) is 0 Å². The number of fused-ring (bicyclic) bond motifs is 1. The van der Waals surface area contributed by atoms with Crippen LogP contribution in [0.5, 0.6) is 11.5 Å². The summed E-state index contributed by atoms with van der Waals surface area (Å²) in [5.41, 5.74) is 1.98. The van der Waals surface area contributed by atoms with Crippen LogP contribution in [0, 0.1) is 17.0 Å². The summed E-state index contributed by atoms with van der Waals surface area (Å²) in [5, 5.41) is 11.2. The number of carbonyl (C=O) groups excluding carboxylic acids is 3. The molecule has 0 unspecified atom stereocenters. The summed E-state index contributed by atoms with van der Waals surface area (Å²) < 4.78 is 11.2. The van der Waals surface area contributed by atoms with Gasteiger partial charge >= 0.3 is 5.97 Å². The predicted octanol–water partition coefficient (Wildman–Crippen LogP) is 6.51. The fourth-order valence-electron chi connectivity index (χ4n) is 4.13. The number of nitro groups is 1. The number of halogens is 1. The number of nitro benzene ring substituents is 1. The van der Waals surface area contributed by atoms with E-state index in [1.807, 2.05) is 0 Å². The van der Waals surface area contributed by atoms with Gasteiger partial charge < -0.3 is 9.47 Å². The van der Waals surface area contributed by atoms with E-state index < -0.39 is 22.7 Å². The Bertz CT molecular complexity index is 1650. The van der Waals surface area contributed by atoms with Crippen molar-refractivity contribution in [3.05, 3.63) is 128 Å². The molecule has 5 rings (SSSR count). The Kier molecular flexibility index (Phi) is 6.83. The van der Waals surface area contributed by atoms with E-state index in [4.69, 9.17) is 21.1 Å². The molecule has 10 heteroatoms. The lowest BCUT2D eigenvalue weighted by Gasteiger charge is -2.17. The molecule has 1 heterocycles. The number of ether oxygens (including phenoxy) is 2. The van der Waals surface area contributed by atoms with Gasteiger partial charge in [0.15, 0.2) is 0 Å². The second-order valence-corrected chi connectivity index (χ2v) is 9.07. The number of rotatable bonds is 7. The van der Waals surface area contributed by atoms with Crippen molar-refractivity contribution in [2.45, 2.75) is 13.5 Å². The Morgan fingerprint density at radius 2 is 1.62 bits per heavy atom.